The number of halogens is 1. The van der Waals surface area contributed by atoms with Crippen LogP contribution in [-0.4, -0.2) is 13.0 Å². The van der Waals surface area contributed by atoms with Crippen LogP contribution in [0.1, 0.15) is 160 Å². The molecular formula is C35H57FO3S. The predicted molar refractivity (Wildman–Crippen MR) is 169 cm³/mol. The zero-order valence-corrected chi connectivity index (χ0v) is 26.3. The first-order valence-corrected chi connectivity index (χ1v) is 18.0. The molecule has 0 aromatic heterocycles. The Hall–Kier alpha value is -1.46. The van der Waals surface area contributed by atoms with Gasteiger partial charge in [-0.2, -0.15) is 8.42 Å². The van der Waals surface area contributed by atoms with E-state index < -0.39 is 16.3 Å². The third-order valence-corrected chi connectivity index (χ3v) is 9.35. The monoisotopic (exact) mass is 576 g/mol. The second-order valence-corrected chi connectivity index (χ2v) is 13.4. The first kappa shape index (κ1) is 34.7. The summed E-state index contributed by atoms with van der Waals surface area (Å²) in [7, 11) is -4.29. The van der Waals surface area contributed by atoms with E-state index in [1.165, 1.54) is 115 Å². The molecule has 0 heterocycles. The van der Waals surface area contributed by atoms with Crippen LogP contribution in [0.15, 0.2) is 41.3 Å². The Morgan fingerprint density at radius 1 is 0.650 bits per heavy atom. The quantitative estimate of drug-likeness (QED) is 0.0998. The van der Waals surface area contributed by atoms with Crippen molar-refractivity contribution in [2.75, 3.05) is 0 Å². The Morgan fingerprint density at radius 2 is 1.10 bits per heavy atom. The highest BCUT2D eigenvalue weighted by atomic mass is 32.2. The van der Waals surface area contributed by atoms with Gasteiger partial charge in [0.2, 0.25) is 0 Å². The molecule has 0 radical (unpaired) electrons. The summed E-state index contributed by atoms with van der Waals surface area (Å²) in [5, 5.41) is 1.38. The number of alkyl halides is 1. The number of hydrogen-bond acceptors (Lipinski definition) is 2. The van der Waals surface area contributed by atoms with Gasteiger partial charge in [-0.3, -0.25) is 4.55 Å². The highest BCUT2D eigenvalue weighted by Gasteiger charge is 2.24. The molecule has 2 aromatic rings. The predicted octanol–water partition coefficient (Wildman–Crippen LogP) is 11.9. The van der Waals surface area contributed by atoms with E-state index in [0.29, 0.717) is 10.9 Å². The van der Waals surface area contributed by atoms with E-state index >= 15 is 4.39 Å². The molecule has 2 aromatic carbocycles. The second kappa shape index (κ2) is 20.4. The lowest BCUT2D eigenvalue weighted by atomic mass is 9.85. The Balaban J connectivity index is 1.82. The van der Waals surface area contributed by atoms with Crippen LogP contribution in [0.2, 0.25) is 0 Å². The SMILES string of the molecule is CCCCCCCCCCCCCCCCC(CCCCCCC)C(F)c1cccc2cc(S(=O)(=O)O)ccc12. The van der Waals surface area contributed by atoms with Crippen LogP contribution in [0, 0.1) is 5.92 Å². The highest BCUT2D eigenvalue weighted by Crippen LogP contribution is 2.38. The molecule has 0 amide bonds. The smallest absolute Gasteiger partial charge is 0.282 e. The lowest BCUT2D eigenvalue weighted by molar-refractivity contribution is 0.202. The largest absolute Gasteiger partial charge is 0.294 e. The third kappa shape index (κ3) is 13.5. The zero-order valence-electron chi connectivity index (χ0n) is 25.5. The second-order valence-electron chi connectivity index (χ2n) is 12.0. The molecule has 0 fully saturated rings. The van der Waals surface area contributed by atoms with Crippen LogP contribution in [0.4, 0.5) is 4.39 Å². The van der Waals surface area contributed by atoms with Crippen LogP contribution in [0.5, 0.6) is 0 Å². The zero-order chi connectivity index (χ0) is 29.1. The lowest BCUT2D eigenvalue weighted by Gasteiger charge is -2.23. The molecule has 0 aliphatic carbocycles. The molecule has 0 aliphatic rings. The van der Waals surface area contributed by atoms with E-state index in [0.717, 1.165) is 37.5 Å². The molecule has 2 atom stereocenters. The van der Waals surface area contributed by atoms with Crippen molar-refractivity contribution in [3.8, 4) is 0 Å². The van der Waals surface area contributed by atoms with Gasteiger partial charge < -0.3 is 0 Å². The summed E-state index contributed by atoms with van der Waals surface area (Å²) in [5.74, 6) is -0.0224. The molecular weight excluding hydrogens is 519 g/mol. The molecule has 0 saturated heterocycles. The molecule has 0 saturated carbocycles. The van der Waals surface area contributed by atoms with Gasteiger partial charge >= 0.3 is 0 Å². The maximum absolute atomic E-state index is 16.1. The van der Waals surface area contributed by atoms with Gasteiger partial charge in [-0.1, -0.05) is 160 Å². The lowest BCUT2D eigenvalue weighted by Crippen LogP contribution is -2.10. The molecule has 40 heavy (non-hydrogen) atoms. The molecule has 2 unspecified atom stereocenters. The summed E-state index contributed by atoms with van der Waals surface area (Å²) in [6.45, 7) is 4.48. The van der Waals surface area contributed by atoms with Gasteiger partial charge in [-0.25, -0.2) is 4.39 Å². The summed E-state index contributed by atoms with van der Waals surface area (Å²) < 4.78 is 48.7. The molecule has 228 valence electrons. The Morgan fingerprint density at radius 3 is 1.55 bits per heavy atom. The minimum atomic E-state index is -4.29. The van der Waals surface area contributed by atoms with E-state index in [-0.39, 0.29) is 10.8 Å². The number of benzene rings is 2. The Bertz CT molecular complexity index is 1040. The van der Waals surface area contributed by atoms with Crippen molar-refractivity contribution in [1.29, 1.82) is 0 Å². The number of unbranched alkanes of at least 4 members (excludes halogenated alkanes) is 17. The fourth-order valence-electron chi connectivity index (χ4n) is 5.99. The average molecular weight is 577 g/mol. The summed E-state index contributed by atoms with van der Waals surface area (Å²) in [6, 6.07) is 9.88. The molecule has 5 heteroatoms. The maximum Gasteiger partial charge on any atom is 0.294 e. The molecule has 0 bridgehead atoms. The molecule has 3 nitrogen and oxygen atoms in total. The fraction of sp³-hybridized carbons (Fsp3) is 0.714. The summed E-state index contributed by atoms with van der Waals surface area (Å²) >= 11 is 0. The van der Waals surface area contributed by atoms with Crippen molar-refractivity contribution in [3.05, 3.63) is 42.0 Å². The van der Waals surface area contributed by atoms with Gasteiger partial charge in [0.25, 0.3) is 10.1 Å². The molecule has 0 aliphatic heterocycles. The summed E-state index contributed by atoms with van der Waals surface area (Å²) in [4.78, 5) is -0.151. The van der Waals surface area contributed by atoms with Gasteiger partial charge in [-0.05, 0) is 47.2 Å². The van der Waals surface area contributed by atoms with Crippen molar-refractivity contribution in [3.63, 3.8) is 0 Å². The van der Waals surface area contributed by atoms with Crippen molar-refractivity contribution < 1.29 is 17.4 Å². The minimum Gasteiger partial charge on any atom is -0.282 e. The van der Waals surface area contributed by atoms with Gasteiger partial charge in [-0.15, -0.1) is 0 Å². The van der Waals surface area contributed by atoms with Crippen molar-refractivity contribution in [1.82, 2.24) is 0 Å². The molecule has 0 spiro atoms. The van der Waals surface area contributed by atoms with E-state index in [1.54, 1.807) is 18.2 Å². The van der Waals surface area contributed by atoms with Gasteiger partial charge in [0.1, 0.15) is 6.17 Å². The van der Waals surface area contributed by atoms with E-state index in [1.807, 2.05) is 6.07 Å². The topological polar surface area (TPSA) is 54.4 Å². The van der Waals surface area contributed by atoms with Gasteiger partial charge in [0.05, 0.1) is 4.90 Å². The van der Waals surface area contributed by atoms with Gasteiger partial charge in [0, 0.05) is 0 Å². The number of hydrogen-bond donors (Lipinski definition) is 1. The summed E-state index contributed by atoms with van der Waals surface area (Å²) in [5.41, 5.74) is 0.642. The Labute approximate surface area is 245 Å². The van der Waals surface area contributed by atoms with E-state index in [4.69, 9.17) is 0 Å². The van der Waals surface area contributed by atoms with Crippen molar-refractivity contribution >= 4 is 20.9 Å². The first-order chi connectivity index (χ1) is 19.4. The molecule has 2 rings (SSSR count). The van der Waals surface area contributed by atoms with Crippen molar-refractivity contribution in [2.24, 2.45) is 5.92 Å². The van der Waals surface area contributed by atoms with E-state index in [2.05, 4.69) is 13.8 Å². The van der Waals surface area contributed by atoms with E-state index in [9.17, 15) is 13.0 Å². The maximum atomic E-state index is 16.1. The fourth-order valence-corrected chi connectivity index (χ4v) is 6.51. The average Bonchev–Trinajstić information content (AvgIpc) is 2.94. The normalized spacial score (nSPS) is 13.6. The van der Waals surface area contributed by atoms with Crippen molar-refractivity contribution in [2.45, 2.75) is 160 Å². The molecule has 1 N–H and O–H groups in total. The van der Waals surface area contributed by atoms with Crippen LogP contribution >= 0.6 is 0 Å². The highest BCUT2D eigenvalue weighted by molar-refractivity contribution is 7.85. The first-order valence-electron chi connectivity index (χ1n) is 16.5. The van der Waals surface area contributed by atoms with Gasteiger partial charge in [0.15, 0.2) is 0 Å². The number of rotatable bonds is 24. The minimum absolute atomic E-state index is 0.0224. The standard InChI is InChI=1S/C35H57FO3S/c1-3-5-7-9-10-11-12-13-14-15-16-17-19-21-24-30(23-20-18-8-6-4-2)35(36)34-26-22-25-31-29-32(40(37,38)39)27-28-33(31)34/h22,25-30,35H,3-21,23-24H2,1-2H3,(H,37,38,39). The number of fused-ring (bicyclic) bond motifs is 1. The van der Waals surface area contributed by atoms with Crippen LogP contribution in [0.3, 0.4) is 0 Å². The summed E-state index contributed by atoms with van der Waals surface area (Å²) in [6.07, 6.45) is 25.1. The Kier molecular flexibility index (Phi) is 17.7. The third-order valence-electron chi connectivity index (χ3n) is 8.50. The van der Waals surface area contributed by atoms with Crippen LogP contribution < -0.4 is 0 Å². The van der Waals surface area contributed by atoms with Crippen LogP contribution in [0.25, 0.3) is 10.8 Å². The van der Waals surface area contributed by atoms with Crippen LogP contribution in [-0.2, 0) is 10.1 Å².